The van der Waals surface area contributed by atoms with E-state index in [-0.39, 0.29) is 24.5 Å². The molecule has 0 saturated heterocycles. The monoisotopic (exact) mass is 576 g/mol. The van der Waals surface area contributed by atoms with Gasteiger partial charge < -0.3 is 14.4 Å². The fourth-order valence-corrected chi connectivity index (χ4v) is 4.63. The molecule has 0 radical (unpaired) electrons. The van der Waals surface area contributed by atoms with Crippen LogP contribution in [0, 0.1) is 6.92 Å². The van der Waals surface area contributed by atoms with Gasteiger partial charge in [-0.2, -0.15) is 18.3 Å². The van der Waals surface area contributed by atoms with Crippen LogP contribution >= 0.6 is 0 Å². The van der Waals surface area contributed by atoms with Gasteiger partial charge in [-0.1, -0.05) is 48.5 Å². The van der Waals surface area contributed by atoms with E-state index in [1.165, 1.54) is 21.7 Å². The van der Waals surface area contributed by atoms with Gasteiger partial charge in [-0.05, 0) is 67.3 Å². The Bertz CT molecular complexity index is 1770. The van der Waals surface area contributed by atoms with Crippen LogP contribution in [0.4, 0.5) is 13.2 Å². The zero-order valence-electron chi connectivity index (χ0n) is 23.0. The van der Waals surface area contributed by atoms with E-state index in [1.807, 2.05) is 36.4 Å². The summed E-state index contributed by atoms with van der Waals surface area (Å²) in [4.78, 5) is 31.3. The summed E-state index contributed by atoms with van der Waals surface area (Å²) in [6.45, 7) is 4.79. The van der Waals surface area contributed by atoms with Crippen LogP contribution in [0.5, 0.6) is 0 Å². The number of fused-ring (bicyclic) bond motifs is 1. The third-order valence-corrected chi connectivity index (χ3v) is 7.12. The fraction of sp³-hybridized carbons (Fsp3) is 0.226. The Balaban J connectivity index is 1.46. The summed E-state index contributed by atoms with van der Waals surface area (Å²) >= 11 is 0. The molecule has 0 saturated carbocycles. The number of imidazole rings is 1. The Morgan fingerprint density at radius 3 is 2.36 bits per heavy atom. The van der Waals surface area contributed by atoms with E-state index >= 15 is 0 Å². The van der Waals surface area contributed by atoms with Crippen molar-refractivity contribution in [2.24, 2.45) is 0 Å². The van der Waals surface area contributed by atoms with Gasteiger partial charge in [-0.15, -0.1) is 0 Å². The number of benzene rings is 2. The predicted molar refractivity (Wildman–Crippen MR) is 148 cm³/mol. The van der Waals surface area contributed by atoms with Crippen molar-refractivity contribution >= 4 is 17.5 Å². The number of aromatic nitrogens is 3. The predicted octanol–water partition coefficient (Wildman–Crippen LogP) is 6.52. The molecule has 1 amide bonds. The molecule has 216 valence electrons. The molecule has 0 atom stereocenters. The second-order valence-corrected chi connectivity index (χ2v) is 10.5. The number of rotatable bonds is 8. The summed E-state index contributed by atoms with van der Waals surface area (Å²) in [6.07, 6.45) is -3.13. The Kier molecular flexibility index (Phi) is 7.36. The van der Waals surface area contributed by atoms with Crippen LogP contribution < -0.4 is 0 Å². The highest BCUT2D eigenvalue weighted by Gasteiger charge is 2.35. The number of aryl methyl sites for hydroxylation is 1. The van der Waals surface area contributed by atoms with Crippen LogP contribution in [0.25, 0.3) is 16.8 Å². The van der Waals surface area contributed by atoms with Crippen LogP contribution in [0.15, 0.2) is 83.4 Å². The van der Waals surface area contributed by atoms with Gasteiger partial charge in [0.05, 0.1) is 17.7 Å². The third-order valence-electron chi connectivity index (χ3n) is 7.12. The number of furan rings is 1. The number of aliphatic carboxylic acids is 1. The van der Waals surface area contributed by atoms with E-state index in [9.17, 15) is 27.9 Å². The van der Waals surface area contributed by atoms with Gasteiger partial charge in [-0.25, -0.2) is 9.50 Å². The largest absolute Gasteiger partial charge is 0.481 e. The third kappa shape index (κ3) is 5.63. The number of hydrogen-bond acceptors (Lipinski definition) is 5. The van der Waals surface area contributed by atoms with Crippen LogP contribution in [-0.4, -0.2) is 36.5 Å². The smallest absolute Gasteiger partial charge is 0.449 e. The van der Waals surface area contributed by atoms with Crippen LogP contribution in [-0.2, 0) is 29.5 Å². The molecule has 42 heavy (non-hydrogen) atoms. The van der Waals surface area contributed by atoms with Crippen molar-refractivity contribution in [3.63, 3.8) is 0 Å². The van der Waals surface area contributed by atoms with Gasteiger partial charge in [0.15, 0.2) is 11.3 Å². The molecule has 0 aliphatic carbocycles. The molecule has 3 aromatic heterocycles. The van der Waals surface area contributed by atoms with Crippen molar-refractivity contribution < 1.29 is 32.3 Å². The number of hydrogen-bond donors (Lipinski definition) is 1. The average molecular weight is 577 g/mol. The van der Waals surface area contributed by atoms with Gasteiger partial charge in [0, 0.05) is 12.7 Å². The molecular formula is C31H27F3N4O4. The summed E-state index contributed by atoms with van der Waals surface area (Å²) in [5.41, 5.74) is 3.05. The lowest BCUT2D eigenvalue weighted by Crippen LogP contribution is -2.31. The highest BCUT2D eigenvalue weighted by molar-refractivity contribution is 5.94. The SMILES string of the molecule is Cc1nc2cccnn2c1C(=O)N(Cc1ccc(-c2cccc(C(C)(C)C(=O)O)c2)cc1)Cc1ccc(C(F)(F)F)o1. The van der Waals surface area contributed by atoms with Crippen molar-refractivity contribution in [2.45, 2.75) is 45.5 Å². The lowest BCUT2D eigenvalue weighted by Gasteiger charge is -2.22. The summed E-state index contributed by atoms with van der Waals surface area (Å²) in [5, 5.41) is 13.8. The van der Waals surface area contributed by atoms with E-state index in [4.69, 9.17) is 4.42 Å². The number of nitrogens with zero attached hydrogens (tertiary/aromatic N) is 4. The molecule has 11 heteroatoms. The second-order valence-electron chi connectivity index (χ2n) is 10.5. The number of carbonyl (C=O) groups is 2. The molecule has 0 aliphatic heterocycles. The van der Waals surface area contributed by atoms with E-state index in [2.05, 4.69) is 10.1 Å². The number of halogens is 3. The lowest BCUT2D eigenvalue weighted by atomic mass is 9.83. The van der Waals surface area contributed by atoms with Gasteiger partial charge in [0.2, 0.25) is 5.76 Å². The number of carboxylic acid groups (broad SMARTS) is 1. The summed E-state index contributed by atoms with van der Waals surface area (Å²) in [5.74, 6) is -2.58. The minimum atomic E-state index is -4.65. The number of alkyl halides is 3. The van der Waals surface area contributed by atoms with Crippen molar-refractivity contribution in [1.82, 2.24) is 19.5 Å². The Morgan fingerprint density at radius 1 is 0.952 bits per heavy atom. The van der Waals surface area contributed by atoms with E-state index in [1.54, 1.807) is 45.0 Å². The van der Waals surface area contributed by atoms with Crippen LogP contribution in [0.3, 0.4) is 0 Å². The van der Waals surface area contributed by atoms with E-state index in [0.717, 1.165) is 22.8 Å². The molecule has 0 spiro atoms. The fourth-order valence-electron chi connectivity index (χ4n) is 4.63. The first-order valence-electron chi connectivity index (χ1n) is 13.0. The highest BCUT2D eigenvalue weighted by Crippen LogP contribution is 2.32. The molecule has 5 rings (SSSR count). The Labute approximate surface area is 239 Å². The first kappa shape index (κ1) is 28.6. The first-order valence-corrected chi connectivity index (χ1v) is 13.0. The second kappa shape index (κ2) is 10.8. The summed E-state index contributed by atoms with van der Waals surface area (Å²) in [7, 11) is 0. The zero-order chi connectivity index (χ0) is 30.2. The van der Waals surface area contributed by atoms with Crippen LogP contribution in [0.1, 0.15) is 52.7 Å². The molecule has 2 aromatic carbocycles. The molecular weight excluding hydrogens is 549 g/mol. The molecule has 8 nitrogen and oxygen atoms in total. The molecule has 0 aliphatic rings. The van der Waals surface area contributed by atoms with Crippen molar-refractivity contribution in [3.8, 4) is 11.1 Å². The average Bonchev–Trinajstić information content (AvgIpc) is 3.56. The molecule has 3 heterocycles. The minimum absolute atomic E-state index is 0.0235. The zero-order valence-corrected chi connectivity index (χ0v) is 23.0. The maximum absolute atomic E-state index is 13.8. The standard InChI is InChI=1S/C31H27F3N4O4/c1-19-27(38-26(36-19)8-5-15-35-38)28(39)37(18-24-13-14-25(42-24)31(32,33)34)17-20-9-11-21(12-10-20)22-6-4-7-23(16-22)30(2,3)29(40)41/h4-16H,17-18H2,1-3H3,(H,40,41). The maximum atomic E-state index is 13.8. The number of amides is 1. The van der Waals surface area contributed by atoms with Crippen molar-refractivity contribution in [1.29, 1.82) is 0 Å². The Hall–Kier alpha value is -4.93. The highest BCUT2D eigenvalue weighted by atomic mass is 19.4. The molecule has 1 N–H and O–H groups in total. The lowest BCUT2D eigenvalue weighted by molar-refractivity contribution is -0.153. The molecule has 5 aromatic rings. The molecule has 0 unspecified atom stereocenters. The normalized spacial score (nSPS) is 12.0. The Morgan fingerprint density at radius 2 is 1.69 bits per heavy atom. The van der Waals surface area contributed by atoms with E-state index in [0.29, 0.717) is 16.9 Å². The van der Waals surface area contributed by atoms with Gasteiger partial charge >= 0.3 is 12.1 Å². The van der Waals surface area contributed by atoms with Crippen LogP contribution in [0.2, 0.25) is 0 Å². The number of carbonyl (C=O) groups excluding carboxylic acids is 1. The van der Waals surface area contributed by atoms with E-state index < -0.39 is 29.2 Å². The quantitative estimate of drug-likeness (QED) is 0.226. The molecule has 0 bridgehead atoms. The first-order chi connectivity index (χ1) is 19.8. The van der Waals surface area contributed by atoms with Gasteiger partial charge in [0.25, 0.3) is 5.91 Å². The van der Waals surface area contributed by atoms with Crippen molar-refractivity contribution in [2.75, 3.05) is 0 Å². The minimum Gasteiger partial charge on any atom is -0.481 e. The number of carboxylic acids is 1. The van der Waals surface area contributed by atoms with Gasteiger partial charge in [0.1, 0.15) is 5.76 Å². The summed E-state index contributed by atoms with van der Waals surface area (Å²) in [6, 6.07) is 20.0. The maximum Gasteiger partial charge on any atom is 0.449 e. The molecule has 0 fully saturated rings. The van der Waals surface area contributed by atoms with Gasteiger partial charge in [-0.3, -0.25) is 9.59 Å². The summed E-state index contributed by atoms with van der Waals surface area (Å²) < 4.78 is 46.0. The topological polar surface area (TPSA) is 101 Å². The van der Waals surface area contributed by atoms with Crippen molar-refractivity contribution in [3.05, 3.63) is 113 Å².